The van der Waals surface area contributed by atoms with Crippen molar-refractivity contribution < 1.29 is 14.3 Å². The molecule has 0 atom stereocenters. The molecule has 0 spiro atoms. The number of anilines is 1. The summed E-state index contributed by atoms with van der Waals surface area (Å²) in [5.41, 5.74) is 1.24. The molecular formula is C17H14Cl2N2O3S. The number of nitrogens with one attached hydrogen (secondary N) is 2. The Morgan fingerprint density at radius 3 is 2.40 bits per heavy atom. The molecule has 2 aromatic carbocycles. The number of hydrogen-bond acceptors (Lipinski definition) is 4. The molecule has 25 heavy (non-hydrogen) atoms. The van der Waals surface area contributed by atoms with Gasteiger partial charge in [0.1, 0.15) is 5.75 Å². The summed E-state index contributed by atoms with van der Waals surface area (Å²) in [7, 11) is 0. The Kier molecular flexibility index (Phi) is 6.75. The van der Waals surface area contributed by atoms with Gasteiger partial charge in [-0.15, -0.1) is 0 Å². The largest absolute Gasteiger partial charge is 0.482 e. The Balaban J connectivity index is 1.83. The summed E-state index contributed by atoms with van der Waals surface area (Å²) < 4.78 is 5.32. The molecule has 0 aliphatic heterocycles. The van der Waals surface area contributed by atoms with Gasteiger partial charge in [-0.05, 0) is 61.6 Å². The van der Waals surface area contributed by atoms with Crippen LogP contribution in [0.2, 0.25) is 10.0 Å². The molecule has 1 amide bonds. The zero-order valence-electron chi connectivity index (χ0n) is 13.1. The molecule has 0 heterocycles. The van der Waals surface area contributed by atoms with E-state index < -0.39 is 5.91 Å². The Morgan fingerprint density at radius 2 is 1.80 bits per heavy atom. The second-order valence-electron chi connectivity index (χ2n) is 5.00. The lowest BCUT2D eigenvalue weighted by Gasteiger charge is -2.11. The topological polar surface area (TPSA) is 67.4 Å². The summed E-state index contributed by atoms with van der Waals surface area (Å²) in [4.78, 5) is 23.1. The predicted octanol–water partition coefficient (Wildman–Crippen LogP) is 4.09. The van der Waals surface area contributed by atoms with Crippen LogP contribution in [0, 0.1) is 0 Å². The van der Waals surface area contributed by atoms with Crippen LogP contribution in [0.25, 0.3) is 0 Å². The van der Waals surface area contributed by atoms with Crippen LogP contribution in [0.4, 0.5) is 5.69 Å². The van der Waals surface area contributed by atoms with E-state index in [-0.39, 0.29) is 17.5 Å². The third-order valence-electron chi connectivity index (χ3n) is 3.05. The van der Waals surface area contributed by atoms with Crippen LogP contribution in [0.5, 0.6) is 5.75 Å². The van der Waals surface area contributed by atoms with Gasteiger partial charge in [0, 0.05) is 16.3 Å². The molecule has 0 saturated carbocycles. The van der Waals surface area contributed by atoms with E-state index >= 15 is 0 Å². The molecule has 0 radical (unpaired) electrons. The summed E-state index contributed by atoms with van der Waals surface area (Å²) in [5, 5.41) is 6.24. The van der Waals surface area contributed by atoms with E-state index in [1.807, 2.05) is 0 Å². The van der Waals surface area contributed by atoms with Gasteiger partial charge in [-0.1, -0.05) is 23.2 Å². The van der Waals surface area contributed by atoms with Gasteiger partial charge >= 0.3 is 0 Å². The van der Waals surface area contributed by atoms with Crippen LogP contribution < -0.4 is 15.4 Å². The number of hydrogen-bond donors (Lipinski definition) is 2. The smallest absolute Gasteiger partial charge is 0.264 e. The summed E-state index contributed by atoms with van der Waals surface area (Å²) in [6.45, 7) is 1.23. The molecule has 8 heteroatoms. The zero-order valence-corrected chi connectivity index (χ0v) is 15.5. The Labute approximate surface area is 160 Å². The number of rotatable bonds is 5. The number of halogens is 2. The Bertz CT molecular complexity index is 810. The lowest BCUT2D eigenvalue weighted by molar-refractivity contribution is -0.121. The maximum atomic E-state index is 11.9. The van der Waals surface area contributed by atoms with E-state index in [4.69, 9.17) is 40.2 Å². The van der Waals surface area contributed by atoms with Gasteiger partial charge in [-0.2, -0.15) is 0 Å². The van der Waals surface area contributed by atoms with E-state index in [1.54, 1.807) is 36.4 Å². The van der Waals surface area contributed by atoms with Gasteiger partial charge in [-0.3, -0.25) is 14.9 Å². The number of amides is 1. The van der Waals surface area contributed by atoms with E-state index in [0.29, 0.717) is 27.0 Å². The number of thiocarbonyl (C=S) groups is 1. The highest BCUT2D eigenvalue weighted by Gasteiger charge is 2.09. The van der Waals surface area contributed by atoms with Crippen molar-refractivity contribution in [1.29, 1.82) is 0 Å². The zero-order chi connectivity index (χ0) is 18.4. The molecule has 2 aromatic rings. The average Bonchev–Trinajstić information content (AvgIpc) is 2.54. The van der Waals surface area contributed by atoms with Gasteiger partial charge in [-0.25, -0.2) is 0 Å². The second-order valence-corrected chi connectivity index (χ2v) is 6.25. The minimum atomic E-state index is -0.441. The SMILES string of the molecule is CC(=O)c1ccc(NC(=S)NC(=O)COc2ccc(Cl)cc2Cl)cc1. The number of ether oxygens (including phenoxy) is 1. The second kappa shape index (κ2) is 8.80. The van der Waals surface area contributed by atoms with E-state index in [0.717, 1.165) is 0 Å². The van der Waals surface area contributed by atoms with Crippen molar-refractivity contribution in [3.8, 4) is 5.75 Å². The van der Waals surface area contributed by atoms with E-state index in [2.05, 4.69) is 10.6 Å². The number of benzene rings is 2. The number of carbonyl (C=O) groups excluding carboxylic acids is 2. The standard InChI is InChI=1S/C17H14Cl2N2O3S/c1-10(22)11-2-5-13(6-3-11)20-17(25)21-16(23)9-24-15-7-4-12(18)8-14(15)19/h2-8H,9H2,1H3,(H2,20,21,23,25). The summed E-state index contributed by atoms with van der Waals surface area (Å²) >= 11 is 16.8. The number of carbonyl (C=O) groups is 2. The first-order valence-corrected chi connectivity index (χ1v) is 8.31. The van der Waals surface area contributed by atoms with Crippen molar-refractivity contribution in [1.82, 2.24) is 5.32 Å². The fourth-order valence-corrected chi connectivity index (χ4v) is 2.54. The van der Waals surface area contributed by atoms with Crippen molar-refractivity contribution in [2.24, 2.45) is 0 Å². The van der Waals surface area contributed by atoms with E-state index in [1.165, 1.54) is 13.0 Å². The highest BCUT2D eigenvalue weighted by molar-refractivity contribution is 7.80. The van der Waals surface area contributed by atoms with Crippen molar-refractivity contribution in [3.63, 3.8) is 0 Å². The summed E-state index contributed by atoms with van der Waals surface area (Å²) in [5.74, 6) is -0.121. The van der Waals surface area contributed by atoms with Gasteiger partial charge in [0.25, 0.3) is 5.91 Å². The first kappa shape index (κ1) is 19.2. The van der Waals surface area contributed by atoms with Crippen molar-refractivity contribution >= 4 is 57.9 Å². The maximum absolute atomic E-state index is 11.9. The molecule has 0 unspecified atom stereocenters. The first-order chi connectivity index (χ1) is 11.8. The van der Waals surface area contributed by atoms with Crippen LogP contribution >= 0.6 is 35.4 Å². The molecule has 0 fully saturated rings. The lowest BCUT2D eigenvalue weighted by Crippen LogP contribution is -2.37. The predicted molar refractivity (Wildman–Crippen MR) is 103 cm³/mol. The third-order valence-corrected chi connectivity index (χ3v) is 3.79. The molecule has 2 rings (SSSR count). The quantitative estimate of drug-likeness (QED) is 0.588. The third kappa shape index (κ3) is 6.01. The number of ketones is 1. The first-order valence-electron chi connectivity index (χ1n) is 7.15. The molecule has 2 N–H and O–H groups in total. The van der Waals surface area contributed by atoms with Gasteiger partial charge in [0.15, 0.2) is 17.5 Å². The van der Waals surface area contributed by atoms with Crippen molar-refractivity contribution in [2.45, 2.75) is 6.92 Å². The van der Waals surface area contributed by atoms with Crippen LogP contribution in [-0.2, 0) is 4.79 Å². The molecule has 0 aromatic heterocycles. The molecular weight excluding hydrogens is 383 g/mol. The number of Topliss-reactive ketones (excluding diaryl/α,β-unsaturated/α-hetero) is 1. The average molecular weight is 397 g/mol. The lowest BCUT2D eigenvalue weighted by atomic mass is 10.1. The minimum Gasteiger partial charge on any atom is -0.482 e. The highest BCUT2D eigenvalue weighted by atomic mass is 35.5. The molecule has 0 aliphatic rings. The normalized spacial score (nSPS) is 10.0. The summed E-state index contributed by atoms with van der Waals surface area (Å²) in [6.07, 6.45) is 0. The van der Waals surface area contributed by atoms with Gasteiger partial charge in [0.2, 0.25) is 0 Å². The fraction of sp³-hybridized carbons (Fsp3) is 0.118. The van der Waals surface area contributed by atoms with E-state index in [9.17, 15) is 9.59 Å². The molecule has 5 nitrogen and oxygen atoms in total. The van der Waals surface area contributed by atoms with Gasteiger partial charge in [0.05, 0.1) is 5.02 Å². The highest BCUT2D eigenvalue weighted by Crippen LogP contribution is 2.27. The monoisotopic (exact) mass is 396 g/mol. The minimum absolute atomic E-state index is 0.0274. The van der Waals surface area contributed by atoms with Crippen molar-refractivity contribution in [2.75, 3.05) is 11.9 Å². The molecule has 0 aliphatic carbocycles. The van der Waals surface area contributed by atoms with Crippen LogP contribution in [-0.4, -0.2) is 23.4 Å². The van der Waals surface area contributed by atoms with Gasteiger partial charge < -0.3 is 10.1 Å². The Morgan fingerprint density at radius 1 is 1.12 bits per heavy atom. The van der Waals surface area contributed by atoms with Crippen LogP contribution in [0.3, 0.4) is 0 Å². The fourth-order valence-electron chi connectivity index (χ4n) is 1.85. The Hall–Kier alpha value is -2.15. The summed E-state index contributed by atoms with van der Waals surface area (Å²) in [6, 6.07) is 11.4. The van der Waals surface area contributed by atoms with Crippen LogP contribution in [0.1, 0.15) is 17.3 Å². The van der Waals surface area contributed by atoms with Crippen LogP contribution in [0.15, 0.2) is 42.5 Å². The maximum Gasteiger partial charge on any atom is 0.264 e. The van der Waals surface area contributed by atoms with Crippen molar-refractivity contribution in [3.05, 3.63) is 58.1 Å². The molecule has 0 saturated heterocycles. The molecule has 130 valence electrons. The molecule has 0 bridgehead atoms.